The predicted molar refractivity (Wildman–Crippen MR) is 48.5 cm³/mol. The van der Waals surface area contributed by atoms with Crippen molar-refractivity contribution in [1.29, 1.82) is 0 Å². The molecule has 0 amide bonds. The molecule has 12 heavy (non-hydrogen) atoms. The van der Waals surface area contributed by atoms with E-state index in [0.29, 0.717) is 22.9 Å². The first kappa shape index (κ1) is 9.36. The monoisotopic (exact) mass is 186 g/mol. The zero-order valence-corrected chi connectivity index (χ0v) is 7.64. The molecule has 0 bridgehead atoms. The fourth-order valence-electron chi connectivity index (χ4n) is 0.983. The molecule has 2 nitrogen and oxygen atoms in total. The van der Waals surface area contributed by atoms with Gasteiger partial charge in [-0.1, -0.05) is 17.7 Å². The van der Waals surface area contributed by atoms with Crippen LogP contribution in [0.25, 0.3) is 0 Å². The molecule has 1 aromatic rings. The summed E-state index contributed by atoms with van der Waals surface area (Å²) in [6.07, 6.45) is 0. The molecule has 1 N–H and O–H groups in total. The quantitative estimate of drug-likeness (QED) is 0.785. The Balaban J connectivity index is 3.00. The van der Waals surface area contributed by atoms with Crippen molar-refractivity contribution < 1.29 is 9.84 Å². The van der Waals surface area contributed by atoms with Gasteiger partial charge in [-0.25, -0.2) is 0 Å². The van der Waals surface area contributed by atoms with Gasteiger partial charge in [0.2, 0.25) is 0 Å². The van der Waals surface area contributed by atoms with Gasteiger partial charge in [-0.3, -0.25) is 0 Å². The van der Waals surface area contributed by atoms with Crippen LogP contribution in [-0.4, -0.2) is 11.7 Å². The van der Waals surface area contributed by atoms with Crippen molar-refractivity contribution in [2.45, 2.75) is 13.5 Å². The number of ether oxygens (including phenoxy) is 1. The van der Waals surface area contributed by atoms with Crippen molar-refractivity contribution in [3.05, 3.63) is 28.8 Å². The van der Waals surface area contributed by atoms with Gasteiger partial charge in [0.1, 0.15) is 5.75 Å². The van der Waals surface area contributed by atoms with Gasteiger partial charge < -0.3 is 9.84 Å². The maximum atomic E-state index is 8.96. The highest BCUT2D eigenvalue weighted by Gasteiger charge is 2.05. The average molecular weight is 187 g/mol. The molecular formula is C9H11ClO2. The molecule has 1 aromatic carbocycles. The lowest BCUT2D eigenvalue weighted by Crippen LogP contribution is -1.96. The highest BCUT2D eigenvalue weighted by Crippen LogP contribution is 2.25. The Kier molecular flexibility index (Phi) is 3.38. The first-order chi connectivity index (χ1) is 5.79. The molecule has 0 aliphatic rings. The van der Waals surface area contributed by atoms with Crippen LogP contribution in [0.4, 0.5) is 0 Å². The van der Waals surface area contributed by atoms with Crippen LogP contribution in [0, 0.1) is 0 Å². The maximum absolute atomic E-state index is 8.96. The van der Waals surface area contributed by atoms with Crippen LogP contribution in [0.2, 0.25) is 5.02 Å². The Morgan fingerprint density at radius 1 is 1.50 bits per heavy atom. The summed E-state index contributed by atoms with van der Waals surface area (Å²) >= 11 is 5.83. The average Bonchev–Trinajstić information content (AvgIpc) is 2.05. The number of aliphatic hydroxyl groups is 1. The molecule has 0 spiro atoms. The molecule has 0 saturated carbocycles. The smallest absolute Gasteiger partial charge is 0.126 e. The number of halogens is 1. The van der Waals surface area contributed by atoms with E-state index in [4.69, 9.17) is 21.4 Å². The van der Waals surface area contributed by atoms with Gasteiger partial charge in [-0.05, 0) is 19.1 Å². The van der Waals surface area contributed by atoms with Crippen molar-refractivity contribution in [2.24, 2.45) is 0 Å². The first-order valence-electron chi connectivity index (χ1n) is 3.80. The second-order valence-electron chi connectivity index (χ2n) is 2.31. The zero-order valence-electron chi connectivity index (χ0n) is 6.88. The van der Waals surface area contributed by atoms with E-state index in [1.54, 1.807) is 18.2 Å². The van der Waals surface area contributed by atoms with Gasteiger partial charge in [-0.15, -0.1) is 0 Å². The minimum absolute atomic E-state index is 0.0883. The minimum Gasteiger partial charge on any atom is -0.493 e. The summed E-state index contributed by atoms with van der Waals surface area (Å²) in [7, 11) is 0. The van der Waals surface area contributed by atoms with Crippen molar-refractivity contribution in [2.75, 3.05) is 6.61 Å². The van der Waals surface area contributed by atoms with Crippen molar-refractivity contribution in [3.63, 3.8) is 0 Å². The molecule has 0 atom stereocenters. The van der Waals surface area contributed by atoms with Crippen molar-refractivity contribution >= 4 is 11.6 Å². The third kappa shape index (κ3) is 1.90. The van der Waals surface area contributed by atoms with Gasteiger partial charge in [0.05, 0.1) is 13.2 Å². The van der Waals surface area contributed by atoms with Crippen LogP contribution < -0.4 is 4.74 Å². The summed E-state index contributed by atoms with van der Waals surface area (Å²) < 4.78 is 5.26. The number of benzene rings is 1. The summed E-state index contributed by atoms with van der Waals surface area (Å²) in [4.78, 5) is 0. The Bertz CT molecular complexity index is 261. The number of aliphatic hydroxyl groups excluding tert-OH is 1. The number of hydrogen-bond acceptors (Lipinski definition) is 2. The van der Waals surface area contributed by atoms with E-state index in [-0.39, 0.29) is 6.61 Å². The van der Waals surface area contributed by atoms with E-state index >= 15 is 0 Å². The topological polar surface area (TPSA) is 29.5 Å². The maximum Gasteiger partial charge on any atom is 0.126 e. The standard InChI is InChI=1S/C9H11ClO2/c1-2-12-9-5-3-4-8(10)7(9)6-11/h3-5,11H,2,6H2,1H3. The number of hydrogen-bond donors (Lipinski definition) is 1. The molecular weight excluding hydrogens is 176 g/mol. The fraction of sp³-hybridized carbons (Fsp3) is 0.333. The lowest BCUT2D eigenvalue weighted by Gasteiger charge is -2.08. The van der Waals surface area contributed by atoms with Crippen LogP contribution >= 0.6 is 11.6 Å². The summed E-state index contributed by atoms with van der Waals surface area (Å²) in [5.74, 6) is 0.660. The second kappa shape index (κ2) is 4.33. The van der Waals surface area contributed by atoms with E-state index in [0.717, 1.165) is 0 Å². The van der Waals surface area contributed by atoms with Gasteiger partial charge in [0, 0.05) is 10.6 Å². The molecule has 0 saturated heterocycles. The lowest BCUT2D eigenvalue weighted by molar-refractivity contribution is 0.267. The highest BCUT2D eigenvalue weighted by molar-refractivity contribution is 6.31. The van der Waals surface area contributed by atoms with E-state index in [2.05, 4.69) is 0 Å². The Labute approximate surface area is 76.7 Å². The van der Waals surface area contributed by atoms with Gasteiger partial charge in [-0.2, -0.15) is 0 Å². The van der Waals surface area contributed by atoms with Crippen molar-refractivity contribution in [3.8, 4) is 5.75 Å². The second-order valence-corrected chi connectivity index (χ2v) is 2.71. The highest BCUT2D eigenvalue weighted by atomic mass is 35.5. The van der Waals surface area contributed by atoms with Gasteiger partial charge >= 0.3 is 0 Å². The molecule has 0 aliphatic carbocycles. The fourth-order valence-corrected chi connectivity index (χ4v) is 1.21. The Morgan fingerprint density at radius 2 is 2.25 bits per heavy atom. The Morgan fingerprint density at radius 3 is 2.83 bits per heavy atom. The van der Waals surface area contributed by atoms with Crippen LogP contribution in [0.5, 0.6) is 5.75 Å². The van der Waals surface area contributed by atoms with E-state index in [1.807, 2.05) is 6.92 Å². The van der Waals surface area contributed by atoms with E-state index in [9.17, 15) is 0 Å². The van der Waals surface area contributed by atoms with Crippen LogP contribution in [-0.2, 0) is 6.61 Å². The Hall–Kier alpha value is -0.730. The molecule has 1 rings (SSSR count). The predicted octanol–water partition coefficient (Wildman–Crippen LogP) is 2.23. The summed E-state index contributed by atoms with van der Waals surface area (Å²) in [5, 5.41) is 9.51. The first-order valence-corrected chi connectivity index (χ1v) is 4.18. The van der Waals surface area contributed by atoms with Crippen molar-refractivity contribution in [1.82, 2.24) is 0 Å². The molecule has 0 heterocycles. The third-order valence-corrected chi connectivity index (χ3v) is 1.89. The summed E-state index contributed by atoms with van der Waals surface area (Å²) in [5.41, 5.74) is 0.654. The van der Waals surface area contributed by atoms with E-state index < -0.39 is 0 Å². The van der Waals surface area contributed by atoms with Gasteiger partial charge in [0.15, 0.2) is 0 Å². The zero-order chi connectivity index (χ0) is 8.97. The third-order valence-electron chi connectivity index (χ3n) is 1.53. The van der Waals surface area contributed by atoms with Crippen LogP contribution in [0.15, 0.2) is 18.2 Å². The minimum atomic E-state index is -0.0883. The summed E-state index contributed by atoms with van der Waals surface area (Å²) in [6, 6.07) is 5.32. The van der Waals surface area contributed by atoms with E-state index in [1.165, 1.54) is 0 Å². The lowest BCUT2D eigenvalue weighted by atomic mass is 10.2. The van der Waals surface area contributed by atoms with Gasteiger partial charge in [0.25, 0.3) is 0 Å². The molecule has 3 heteroatoms. The molecule has 0 unspecified atom stereocenters. The molecule has 66 valence electrons. The normalized spacial score (nSPS) is 9.92. The molecule has 0 fully saturated rings. The summed E-state index contributed by atoms with van der Waals surface area (Å²) in [6.45, 7) is 2.38. The van der Waals surface area contributed by atoms with Crippen LogP contribution in [0.3, 0.4) is 0 Å². The molecule has 0 radical (unpaired) electrons. The largest absolute Gasteiger partial charge is 0.493 e. The van der Waals surface area contributed by atoms with Crippen LogP contribution in [0.1, 0.15) is 12.5 Å². The number of rotatable bonds is 3. The molecule has 0 aliphatic heterocycles. The SMILES string of the molecule is CCOc1cccc(Cl)c1CO. The molecule has 0 aromatic heterocycles.